The first-order chi connectivity index (χ1) is 12.7. The maximum Gasteiger partial charge on any atom is 0.325 e. The van der Waals surface area contributed by atoms with Gasteiger partial charge < -0.3 is 10.1 Å². The van der Waals surface area contributed by atoms with Gasteiger partial charge in [0.2, 0.25) is 0 Å². The van der Waals surface area contributed by atoms with Crippen molar-refractivity contribution in [2.45, 2.75) is 17.7 Å². The van der Waals surface area contributed by atoms with Crippen LogP contribution in [0.1, 0.15) is 12.5 Å². The summed E-state index contributed by atoms with van der Waals surface area (Å²) in [5.41, 5.74) is 1.37. The van der Waals surface area contributed by atoms with Crippen molar-refractivity contribution >= 4 is 39.5 Å². The largest absolute Gasteiger partial charge is 0.493 e. The third-order valence-electron chi connectivity index (χ3n) is 3.54. The van der Waals surface area contributed by atoms with E-state index in [-0.39, 0.29) is 11.8 Å². The average molecular weight is 391 g/mol. The Bertz CT molecular complexity index is 868. The lowest BCUT2D eigenvalue weighted by Gasteiger charge is -2.11. The number of halogens is 1. The standard InChI is InChI=1S/C18H18FN3O2S2/c1-2-24-15-8-5-6-13(19)12(15)10-11-20-17(23)22-26-18-21-14-7-3-4-9-16(14)25-18/h3-9H,2,10-11H2,1H3,(H2,20,22,23). The molecule has 0 bridgehead atoms. The van der Waals surface area contributed by atoms with E-state index in [2.05, 4.69) is 15.0 Å². The number of carbonyl (C=O) groups excluding carboxylic acids is 1. The number of amides is 2. The second-order valence-corrected chi connectivity index (χ2v) is 7.39. The van der Waals surface area contributed by atoms with Crippen molar-refractivity contribution in [1.82, 2.24) is 15.0 Å². The lowest BCUT2D eigenvalue weighted by Crippen LogP contribution is -2.32. The number of rotatable bonds is 7. The molecular formula is C18H18FN3O2S2. The first-order valence-electron chi connectivity index (χ1n) is 8.14. The number of thiazole rings is 1. The highest BCUT2D eigenvalue weighted by atomic mass is 32.2. The molecule has 136 valence electrons. The van der Waals surface area contributed by atoms with Gasteiger partial charge in [0.25, 0.3) is 0 Å². The zero-order chi connectivity index (χ0) is 18.4. The second-order valence-electron chi connectivity index (χ2n) is 5.31. The van der Waals surface area contributed by atoms with E-state index in [1.807, 2.05) is 31.2 Å². The molecule has 0 saturated carbocycles. The lowest BCUT2D eigenvalue weighted by molar-refractivity contribution is 0.246. The molecule has 0 aliphatic heterocycles. The number of carbonyl (C=O) groups is 1. The van der Waals surface area contributed by atoms with E-state index in [1.54, 1.807) is 12.1 Å². The first kappa shape index (κ1) is 18.5. The van der Waals surface area contributed by atoms with Gasteiger partial charge in [-0.25, -0.2) is 14.2 Å². The highest BCUT2D eigenvalue weighted by Gasteiger charge is 2.11. The van der Waals surface area contributed by atoms with Crippen molar-refractivity contribution in [3.05, 3.63) is 53.8 Å². The van der Waals surface area contributed by atoms with Crippen LogP contribution in [0.5, 0.6) is 5.75 Å². The Morgan fingerprint density at radius 1 is 1.27 bits per heavy atom. The van der Waals surface area contributed by atoms with Gasteiger partial charge >= 0.3 is 6.03 Å². The molecule has 1 aromatic heterocycles. The van der Waals surface area contributed by atoms with E-state index in [0.717, 1.165) is 26.5 Å². The maximum atomic E-state index is 13.9. The minimum Gasteiger partial charge on any atom is -0.493 e. The van der Waals surface area contributed by atoms with Crippen molar-refractivity contribution in [3.63, 3.8) is 0 Å². The van der Waals surface area contributed by atoms with Crippen molar-refractivity contribution in [3.8, 4) is 5.75 Å². The number of nitrogens with one attached hydrogen (secondary N) is 2. The Kier molecular flexibility index (Phi) is 6.30. The van der Waals surface area contributed by atoms with Crippen LogP contribution in [-0.4, -0.2) is 24.2 Å². The molecule has 5 nitrogen and oxygen atoms in total. The van der Waals surface area contributed by atoms with Crippen LogP contribution in [0.2, 0.25) is 0 Å². The molecule has 2 amide bonds. The van der Waals surface area contributed by atoms with Gasteiger partial charge in [-0.3, -0.25) is 4.72 Å². The molecule has 0 fully saturated rings. The number of para-hydroxylation sites is 1. The molecule has 8 heteroatoms. The van der Waals surface area contributed by atoms with Gasteiger partial charge in [-0.05, 0) is 37.6 Å². The van der Waals surface area contributed by atoms with E-state index in [4.69, 9.17) is 4.74 Å². The average Bonchev–Trinajstić information content (AvgIpc) is 3.05. The molecule has 0 saturated heterocycles. The minimum absolute atomic E-state index is 0.299. The third-order valence-corrected chi connectivity index (χ3v) is 5.43. The predicted molar refractivity (Wildman–Crippen MR) is 103 cm³/mol. The monoisotopic (exact) mass is 391 g/mol. The summed E-state index contributed by atoms with van der Waals surface area (Å²) in [6.07, 6.45) is 0.348. The fourth-order valence-corrected chi connectivity index (χ4v) is 4.05. The third kappa shape index (κ3) is 4.64. The molecule has 1 heterocycles. The Balaban J connectivity index is 1.49. The number of urea groups is 1. The second kappa shape index (κ2) is 8.86. The quantitative estimate of drug-likeness (QED) is 0.587. The zero-order valence-corrected chi connectivity index (χ0v) is 15.8. The molecule has 0 aliphatic rings. The van der Waals surface area contributed by atoms with E-state index < -0.39 is 0 Å². The normalized spacial score (nSPS) is 10.7. The number of hydrogen-bond acceptors (Lipinski definition) is 5. The van der Waals surface area contributed by atoms with Gasteiger partial charge in [0.15, 0.2) is 4.34 Å². The van der Waals surface area contributed by atoms with E-state index >= 15 is 0 Å². The topological polar surface area (TPSA) is 63.2 Å². The van der Waals surface area contributed by atoms with E-state index in [0.29, 0.717) is 30.9 Å². The summed E-state index contributed by atoms with van der Waals surface area (Å²) >= 11 is 2.67. The Morgan fingerprint density at radius 2 is 2.12 bits per heavy atom. The molecule has 0 aliphatic carbocycles. The highest BCUT2D eigenvalue weighted by molar-refractivity contribution is 7.99. The predicted octanol–water partition coefficient (Wildman–Crippen LogP) is 4.38. The molecule has 3 rings (SSSR count). The summed E-state index contributed by atoms with van der Waals surface area (Å²) in [5.74, 6) is 0.181. The molecule has 26 heavy (non-hydrogen) atoms. The van der Waals surface area contributed by atoms with E-state index in [9.17, 15) is 9.18 Å². The number of hydrogen-bond donors (Lipinski definition) is 2. The summed E-state index contributed by atoms with van der Waals surface area (Å²) < 4.78 is 23.9. The van der Waals surface area contributed by atoms with Crippen LogP contribution < -0.4 is 14.8 Å². The molecule has 0 radical (unpaired) electrons. The maximum absolute atomic E-state index is 13.9. The summed E-state index contributed by atoms with van der Waals surface area (Å²) in [6.45, 7) is 2.61. The molecular weight excluding hydrogens is 373 g/mol. The van der Waals surface area contributed by atoms with Crippen LogP contribution in [-0.2, 0) is 6.42 Å². The van der Waals surface area contributed by atoms with Gasteiger partial charge in [0, 0.05) is 24.1 Å². The lowest BCUT2D eigenvalue weighted by atomic mass is 10.1. The van der Waals surface area contributed by atoms with Crippen molar-refractivity contribution in [2.24, 2.45) is 0 Å². The van der Waals surface area contributed by atoms with Crippen LogP contribution in [0.4, 0.5) is 9.18 Å². The van der Waals surface area contributed by atoms with Crippen molar-refractivity contribution in [2.75, 3.05) is 13.2 Å². The summed E-state index contributed by atoms with van der Waals surface area (Å²) in [4.78, 5) is 16.4. The fourth-order valence-electron chi connectivity index (χ4n) is 2.39. The number of nitrogens with zero attached hydrogens (tertiary/aromatic N) is 1. The molecule has 3 aromatic rings. The van der Waals surface area contributed by atoms with Gasteiger partial charge in [-0.15, -0.1) is 11.3 Å². The Morgan fingerprint density at radius 3 is 2.92 bits per heavy atom. The number of aromatic nitrogens is 1. The molecule has 2 aromatic carbocycles. The van der Waals surface area contributed by atoms with Crippen LogP contribution in [0.15, 0.2) is 46.8 Å². The highest BCUT2D eigenvalue weighted by Crippen LogP contribution is 2.27. The Labute approximate surface area is 159 Å². The van der Waals surface area contributed by atoms with E-state index in [1.165, 1.54) is 17.4 Å². The smallest absolute Gasteiger partial charge is 0.325 e. The Hall–Kier alpha value is -2.32. The van der Waals surface area contributed by atoms with Gasteiger partial charge in [0.1, 0.15) is 11.6 Å². The summed E-state index contributed by atoms with van der Waals surface area (Å²) in [6, 6.07) is 12.2. The summed E-state index contributed by atoms with van der Waals surface area (Å²) in [5, 5.41) is 2.72. The number of ether oxygens (including phenoxy) is 1. The minimum atomic E-state index is -0.344. The van der Waals surface area contributed by atoms with Crippen LogP contribution in [0.25, 0.3) is 10.2 Å². The molecule has 0 atom stereocenters. The van der Waals surface area contributed by atoms with Gasteiger partial charge in [0.05, 0.1) is 16.8 Å². The van der Waals surface area contributed by atoms with Crippen molar-refractivity contribution in [1.29, 1.82) is 0 Å². The SMILES string of the molecule is CCOc1cccc(F)c1CCNC(=O)NSc1nc2ccccc2s1. The fraction of sp³-hybridized carbons (Fsp3) is 0.222. The van der Waals surface area contributed by atoms with Crippen LogP contribution in [0, 0.1) is 5.82 Å². The first-order valence-corrected chi connectivity index (χ1v) is 9.77. The zero-order valence-electron chi connectivity index (χ0n) is 14.1. The van der Waals surface area contributed by atoms with Crippen LogP contribution in [0.3, 0.4) is 0 Å². The number of fused-ring (bicyclic) bond motifs is 1. The van der Waals surface area contributed by atoms with Gasteiger partial charge in [-0.1, -0.05) is 18.2 Å². The molecule has 0 unspecified atom stereocenters. The summed E-state index contributed by atoms with van der Waals surface area (Å²) in [7, 11) is 0. The number of benzene rings is 2. The van der Waals surface area contributed by atoms with Crippen molar-refractivity contribution < 1.29 is 13.9 Å². The van der Waals surface area contributed by atoms with Crippen LogP contribution >= 0.6 is 23.3 Å². The van der Waals surface area contributed by atoms with Gasteiger partial charge in [-0.2, -0.15) is 0 Å². The molecule has 2 N–H and O–H groups in total. The molecule has 0 spiro atoms.